The van der Waals surface area contributed by atoms with Crippen molar-refractivity contribution in [3.63, 3.8) is 0 Å². The van der Waals surface area contributed by atoms with Crippen molar-refractivity contribution in [2.24, 2.45) is 0 Å². The molecule has 0 spiro atoms. The largest absolute Gasteiger partial charge is 0.452 e. The van der Waals surface area contributed by atoms with Crippen LogP contribution in [0.2, 0.25) is 0 Å². The molecule has 3 aromatic heterocycles. The Labute approximate surface area is 218 Å². The summed E-state index contributed by atoms with van der Waals surface area (Å²) in [6, 6.07) is 7.35. The lowest BCUT2D eigenvalue weighted by Gasteiger charge is -2.14. The standard InChI is InChI=1S/C25H16F3N5O3S2/c1-14-2-3-15(4-18(14)26)21-5-17(16-8-29-12-30-9-16)23(10-31-21)36-22-6-20(28)24(7-19(22)27)38(34,35)33-25-11-37-13-32-25/h2-13,33H,1H3. The highest BCUT2D eigenvalue weighted by atomic mass is 32.2. The van der Waals surface area contributed by atoms with Crippen LogP contribution < -0.4 is 9.46 Å². The third-order valence-electron chi connectivity index (χ3n) is 5.37. The van der Waals surface area contributed by atoms with Gasteiger partial charge in [-0.15, -0.1) is 11.3 Å². The number of hydrogen-bond acceptors (Lipinski definition) is 8. The minimum atomic E-state index is -4.46. The normalized spacial score (nSPS) is 11.4. The average molecular weight is 556 g/mol. The third-order valence-corrected chi connectivity index (χ3v) is 7.33. The molecule has 3 heterocycles. The van der Waals surface area contributed by atoms with Crippen LogP contribution in [0, 0.1) is 24.4 Å². The minimum absolute atomic E-state index is 0.00522. The second kappa shape index (κ2) is 10.2. The lowest BCUT2D eigenvalue weighted by Crippen LogP contribution is -2.15. The van der Waals surface area contributed by atoms with Gasteiger partial charge in [0.1, 0.15) is 22.9 Å². The average Bonchev–Trinajstić information content (AvgIpc) is 3.40. The number of ether oxygens (including phenoxy) is 1. The molecule has 0 unspecified atom stereocenters. The first-order valence-corrected chi connectivity index (χ1v) is 13.2. The summed E-state index contributed by atoms with van der Waals surface area (Å²) in [5, 5.41) is 1.40. The summed E-state index contributed by atoms with van der Waals surface area (Å²) in [6.45, 7) is 1.63. The molecule has 5 aromatic rings. The second-order valence-electron chi connectivity index (χ2n) is 7.95. The molecule has 0 saturated heterocycles. The number of anilines is 1. The van der Waals surface area contributed by atoms with Crippen LogP contribution in [0.25, 0.3) is 22.4 Å². The number of pyridine rings is 1. The highest BCUT2D eigenvalue weighted by molar-refractivity contribution is 7.92. The monoisotopic (exact) mass is 555 g/mol. The summed E-state index contributed by atoms with van der Waals surface area (Å²) < 4.78 is 76.9. The van der Waals surface area contributed by atoms with E-state index in [0.29, 0.717) is 40.1 Å². The molecule has 0 aliphatic rings. The number of nitrogens with zero attached hydrogens (tertiary/aromatic N) is 4. The van der Waals surface area contributed by atoms with Gasteiger partial charge >= 0.3 is 0 Å². The van der Waals surface area contributed by atoms with Crippen molar-refractivity contribution >= 4 is 27.2 Å². The Morgan fingerprint density at radius 2 is 1.66 bits per heavy atom. The van der Waals surface area contributed by atoms with E-state index >= 15 is 4.39 Å². The van der Waals surface area contributed by atoms with Crippen molar-refractivity contribution in [1.82, 2.24) is 19.9 Å². The molecular weight excluding hydrogens is 539 g/mol. The molecule has 8 nitrogen and oxygen atoms in total. The van der Waals surface area contributed by atoms with Crippen LogP contribution in [0.5, 0.6) is 11.5 Å². The molecule has 192 valence electrons. The number of rotatable bonds is 7. The lowest BCUT2D eigenvalue weighted by molar-refractivity contribution is 0.432. The van der Waals surface area contributed by atoms with E-state index in [0.717, 1.165) is 11.3 Å². The van der Waals surface area contributed by atoms with E-state index in [1.807, 2.05) is 0 Å². The molecular formula is C25H16F3N5O3S2. The molecule has 13 heteroatoms. The molecule has 0 fully saturated rings. The maximum Gasteiger partial charge on any atom is 0.266 e. The van der Waals surface area contributed by atoms with Gasteiger partial charge in [0.05, 0.1) is 17.4 Å². The van der Waals surface area contributed by atoms with Crippen LogP contribution in [0.15, 0.2) is 77.1 Å². The van der Waals surface area contributed by atoms with Crippen molar-refractivity contribution in [2.75, 3.05) is 4.72 Å². The summed E-state index contributed by atoms with van der Waals surface area (Å²) in [4.78, 5) is 15.1. The molecule has 0 saturated carbocycles. The number of halogens is 3. The van der Waals surface area contributed by atoms with Crippen LogP contribution in [-0.2, 0) is 10.0 Å². The zero-order chi connectivity index (χ0) is 26.9. The van der Waals surface area contributed by atoms with Crippen molar-refractivity contribution < 1.29 is 26.3 Å². The zero-order valence-corrected chi connectivity index (χ0v) is 21.0. The van der Waals surface area contributed by atoms with Gasteiger partial charge in [-0.1, -0.05) is 12.1 Å². The van der Waals surface area contributed by atoms with Gasteiger partial charge in [-0.05, 0) is 24.6 Å². The Morgan fingerprint density at radius 1 is 0.868 bits per heavy atom. The van der Waals surface area contributed by atoms with E-state index in [4.69, 9.17) is 4.74 Å². The Morgan fingerprint density at radius 3 is 2.37 bits per heavy atom. The Kier molecular flexibility index (Phi) is 6.78. The third kappa shape index (κ3) is 5.19. The molecule has 0 aliphatic carbocycles. The minimum Gasteiger partial charge on any atom is -0.452 e. The summed E-state index contributed by atoms with van der Waals surface area (Å²) in [6.07, 6.45) is 5.54. The number of thiazole rings is 1. The second-order valence-corrected chi connectivity index (χ2v) is 10.3. The van der Waals surface area contributed by atoms with E-state index in [-0.39, 0.29) is 11.6 Å². The van der Waals surface area contributed by atoms with E-state index in [2.05, 4.69) is 24.7 Å². The maximum atomic E-state index is 15.0. The highest BCUT2D eigenvalue weighted by Gasteiger charge is 2.24. The molecule has 0 aliphatic heterocycles. The highest BCUT2D eigenvalue weighted by Crippen LogP contribution is 2.37. The summed E-state index contributed by atoms with van der Waals surface area (Å²) >= 11 is 1.13. The van der Waals surface area contributed by atoms with Crippen molar-refractivity contribution in [3.05, 3.63) is 95.2 Å². The molecule has 0 atom stereocenters. The first-order chi connectivity index (χ1) is 18.2. The fourth-order valence-electron chi connectivity index (χ4n) is 3.47. The quantitative estimate of drug-likeness (QED) is 0.263. The van der Waals surface area contributed by atoms with E-state index in [1.165, 1.54) is 41.9 Å². The van der Waals surface area contributed by atoms with Crippen LogP contribution in [0.1, 0.15) is 5.56 Å². The topological polar surface area (TPSA) is 107 Å². The number of hydrogen-bond donors (Lipinski definition) is 1. The van der Waals surface area contributed by atoms with Gasteiger partial charge < -0.3 is 4.74 Å². The van der Waals surface area contributed by atoms with Gasteiger partial charge in [0.2, 0.25) is 0 Å². The SMILES string of the molecule is Cc1ccc(-c2cc(-c3cncnc3)c(Oc3cc(F)c(S(=O)(=O)Nc4cscn4)cc3F)cn2)cc1F. The number of nitrogens with one attached hydrogen (secondary N) is 1. The summed E-state index contributed by atoms with van der Waals surface area (Å²) in [5.41, 5.74) is 3.54. The van der Waals surface area contributed by atoms with Crippen molar-refractivity contribution in [1.29, 1.82) is 0 Å². The smallest absolute Gasteiger partial charge is 0.266 e. The van der Waals surface area contributed by atoms with Gasteiger partial charge in [0, 0.05) is 46.6 Å². The van der Waals surface area contributed by atoms with E-state index in [1.54, 1.807) is 25.1 Å². The van der Waals surface area contributed by atoms with Crippen molar-refractivity contribution in [2.45, 2.75) is 11.8 Å². The van der Waals surface area contributed by atoms with Crippen LogP contribution in [0.4, 0.5) is 19.0 Å². The summed E-state index contributed by atoms with van der Waals surface area (Å²) in [5.74, 6) is -3.39. The lowest BCUT2D eigenvalue weighted by atomic mass is 10.0. The van der Waals surface area contributed by atoms with Crippen LogP contribution >= 0.6 is 11.3 Å². The predicted molar refractivity (Wildman–Crippen MR) is 135 cm³/mol. The van der Waals surface area contributed by atoms with E-state index in [9.17, 15) is 17.2 Å². The van der Waals surface area contributed by atoms with Crippen molar-refractivity contribution in [3.8, 4) is 33.9 Å². The zero-order valence-electron chi connectivity index (χ0n) is 19.4. The fourth-order valence-corrected chi connectivity index (χ4v) is 5.10. The molecule has 1 N–H and O–H groups in total. The predicted octanol–water partition coefficient (Wildman–Crippen LogP) is 5.98. The van der Waals surface area contributed by atoms with Gasteiger partial charge in [-0.3, -0.25) is 9.71 Å². The number of aryl methyl sites for hydroxylation is 1. The molecule has 0 bridgehead atoms. The number of sulfonamides is 1. The summed E-state index contributed by atoms with van der Waals surface area (Å²) in [7, 11) is -4.46. The first kappa shape index (κ1) is 25.3. The Bertz CT molecular complexity index is 1740. The molecule has 0 amide bonds. The van der Waals surface area contributed by atoms with Gasteiger partial charge in [-0.2, -0.15) is 0 Å². The Hall–Kier alpha value is -4.36. The maximum absolute atomic E-state index is 15.0. The molecule has 5 rings (SSSR count). The first-order valence-electron chi connectivity index (χ1n) is 10.8. The number of benzene rings is 2. The van der Waals surface area contributed by atoms with E-state index < -0.39 is 38.1 Å². The van der Waals surface area contributed by atoms with Gasteiger partial charge in [-0.25, -0.2) is 36.5 Å². The molecule has 0 radical (unpaired) electrons. The van der Waals surface area contributed by atoms with Crippen LogP contribution in [-0.4, -0.2) is 28.4 Å². The van der Waals surface area contributed by atoms with Gasteiger partial charge in [0.25, 0.3) is 10.0 Å². The van der Waals surface area contributed by atoms with Crippen LogP contribution in [0.3, 0.4) is 0 Å². The van der Waals surface area contributed by atoms with Gasteiger partial charge in [0.15, 0.2) is 23.1 Å². The molecule has 38 heavy (non-hydrogen) atoms. The Balaban J connectivity index is 1.53. The number of aromatic nitrogens is 4. The molecule has 2 aromatic carbocycles. The fraction of sp³-hybridized carbons (Fsp3) is 0.0400.